The van der Waals surface area contributed by atoms with Gasteiger partial charge in [-0.2, -0.15) is 0 Å². The molecule has 3 aliphatic heterocycles. The van der Waals surface area contributed by atoms with E-state index in [0.717, 1.165) is 11.1 Å². The van der Waals surface area contributed by atoms with Crippen LogP contribution in [-0.4, -0.2) is 58.6 Å². The largest absolute Gasteiger partial charge is 0.395 e. The summed E-state index contributed by atoms with van der Waals surface area (Å²) in [4.78, 5) is 42.0. The number of nitrogens with zero attached hydrogens (tertiary/aromatic N) is 1. The number of anilines is 2. The topological polar surface area (TPSA) is 108 Å². The van der Waals surface area contributed by atoms with E-state index in [2.05, 4.69) is 10.6 Å². The molecule has 3 aliphatic rings. The molecular formula is C26H29N3O5. The van der Waals surface area contributed by atoms with Gasteiger partial charge in [0.15, 0.2) is 0 Å². The lowest BCUT2D eigenvalue weighted by molar-refractivity contribution is -0.140. The van der Waals surface area contributed by atoms with Crippen LogP contribution in [0.25, 0.3) is 0 Å². The van der Waals surface area contributed by atoms with Gasteiger partial charge in [-0.25, -0.2) is 0 Å². The molecule has 8 heteroatoms. The number of carbonyl (C=O) groups is 3. The third-order valence-electron chi connectivity index (χ3n) is 7.46. The smallest absolute Gasteiger partial charge is 0.250 e. The Kier molecular flexibility index (Phi) is 5.65. The first-order chi connectivity index (χ1) is 16.4. The molecule has 5 rings (SSSR count). The molecule has 34 heavy (non-hydrogen) atoms. The number of hydrogen-bond donors (Lipinski definition) is 3. The van der Waals surface area contributed by atoms with Gasteiger partial charge in [-0.05, 0) is 49.9 Å². The van der Waals surface area contributed by atoms with Crippen molar-refractivity contribution in [2.24, 2.45) is 11.8 Å². The number of para-hydroxylation sites is 2. The molecule has 178 valence electrons. The van der Waals surface area contributed by atoms with E-state index < -0.39 is 29.6 Å². The van der Waals surface area contributed by atoms with Gasteiger partial charge >= 0.3 is 0 Å². The molecule has 3 heterocycles. The van der Waals surface area contributed by atoms with E-state index in [0.29, 0.717) is 24.2 Å². The summed E-state index contributed by atoms with van der Waals surface area (Å²) in [7, 11) is 0. The van der Waals surface area contributed by atoms with Crippen molar-refractivity contribution in [1.29, 1.82) is 0 Å². The van der Waals surface area contributed by atoms with Crippen molar-refractivity contribution in [1.82, 2.24) is 4.90 Å². The Balaban J connectivity index is 1.47. The van der Waals surface area contributed by atoms with E-state index in [1.807, 2.05) is 50.2 Å². The molecule has 3 saturated heterocycles. The second-order valence-corrected chi connectivity index (χ2v) is 9.42. The molecule has 2 bridgehead atoms. The summed E-state index contributed by atoms with van der Waals surface area (Å²) in [6.07, 6.45) is 0.677. The van der Waals surface area contributed by atoms with Gasteiger partial charge in [-0.15, -0.1) is 0 Å². The van der Waals surface area contributed by atoms with Gasteiger partial charge in [0.2, 0.25) is 17.7 Å². The third-order valence-corrected chi connectivity index (χ3v) is 7.46. The Bertz CT molecular complexity index is 1120. The molecule has 5 atom stereocenters. The van der Waals surface area contributed by atoms with Gasteiger partial charge in [-0.1, -0.05) is 36.4 Å². The van der Waals surface area contributed by atoms with Crippen molar-refractivity contribution in [3.05, 3.63) is 59.7 Å². The summed E-state index contributed by atoms with van der Waals surface area (Å²) >= 11 is 0. The minimum absolute atomic E-state index is 0.00295. The highest BCUT2D eigenvalue weighted by molar-refractivity contribution is 6.05. The molecule has 3 amide bonds. The van der Waals surface area contributed by atoms with Crippen LogP contribution in [0.2, 0.25) is 0 Å². The number of aliphatic hydroxyl groups excluding tert-OH is 1. The fourth-order valence-electron chi connectivity index (χ4n) is 6.05. The van der Waals surface area contributed by atoms with E-state index in [9.17, 15) is 19.5 Å². The molecule has 0 saturated carbocycles. The number of benzene rings is 2. The van der Waals surface area contributed by atoms with Gasteiger partial charge in [0.1, 0.15) is 11.6 Å². The molecule has 1 spiro atoms. The normalized spacial score (nSPS) is 29.3. The van der Waals surface area contributed by atoms with Crippen molar-refractivity contribution >= 4 is 29.1 Å². The van der Waals surface area contributed by atoms with Gasteiger partial charge < -0.3 is 25.4 Å². The summed E-state index contributed by atoms with van der Waals surface area (Å²) in [6, 6.07) is 13.9. The maximum absolute atomic E-state index is 13.7. The van der Waals surface area contributed by atoms with Gasteiger partial charge in [0.05, 0.1) is 24.5 Å². The number of hydrogen-bond acceptors (Lipinski definition) is 5. The lowest BCUT2D eigenvalue weighted by atomic mass is 9.70. The van der Waals surface area contributed by atoms with Crippen LogP contribution in [0.15, 0.2) is 48.5 Å². The van der Waals surface area contributed by atoms with E-state index in [1.54, 1.807) is 12.1 Å². The van der Waals surface area contributed by atoms with Crippen molar-refractivity contribution < 1.29 is 24.2 Å². The Morgan fingerprint density at radius 1 is 1.06 bits per heavy atom. The van der Waals surface area contributed by atoms with E-state index in [4.69, 9.17) is 4.74 Å². The number of likely N-dealkylation sites (tertiary alicyclic amines) is 1. The predicted molar refractivity (Wildman–Crippen MR) is 126 cm³/mol. The quantitative estimate of drug-likeness (QED) is 0.609. The molecule has 8 nitrogen and oxygen atoms in total. The van der Waals surface area contributed by atoms with Gasteiger partial charge in [0.25, 0.3) is 0 Å². The highest BCUT2D eigenvalue weighted by Gasteiger charge is 2.74. The number of aliphatic hydroxyl groups is 1. The maximum atomic E-state index is 13.7. The highest BCUT2D eigenvalue weighted by Crippen LogP contribution is 2.58. The van der Waals surface area contributed by atoms with Gasteiger partial charge in [0, 0.05) is 17.9 Å². The first kappa shape index (κ1) is 22.6. The van der Waals surface area contributed by atoms with Crippen LogP contribution in [-0.2, 0) is 19.1 Å². The van der Waals surface area contributed by atoms with Crippen LogP contribution in [0.4, 0.5) is 11.4 Å². The third kappa shape index (κ3) is 3.40. The average molecular weight is 464 g/mol. The van der Waals surface area contributed by atoms with Crippen LogP contribution < -0.4 is 10.6 Å². The number of carbonyl (C=O) groups excluding carboxylic acids is 3. The van der Waals surface area contributed by atoms with Crippen molar-refractivity contribution in [2.45, 2.75) is 44.4 Å². The molecule has 2 unspecified atom stereocenters. The fourth-order valence-corrected chi connectivity index (χ4v) is 6.05. The molecule has 0 aromatic heterocycles. The zero-order valence-electron chi connectivity index (χ0n) is 19.3. The number of nitrogens with one attached hydrogen (secondary N) is 2. The van der Waals surface area contributed by atoms with Crippen LogP contribution in [0.1, 0.15) is 24.0 Å². The first-order valence-corrected chi connectivity index (χ1v) is 11.7. The number of rotatable bonds is 6. The number of β-amino-alcohol motifs (C(OH)–C–C–N with tert-alkyl or cyclic N) is 1. The molecule has 2 aromatic rings. The summed E-state index contributed by atoms with van der Waals surface area (Å²) < 4.78 is 6.37. The number of fused-ring (bicyclic) bond motifs is 1. The molecule has 0 radical (unpaired) electrons. The van der Waals surface area contributed by atoms with Gasteiger partial charge in [-0.3, -0.25) is 14.4 Å². The monoisotopic (exact) mass is 463 g/mol. The summed E-state index contributed by atoms with van der Waals surface area (Å²) in [5.41, 5.74) is 2.09. The average Bonchev–Trinajstić information content (AvgIpc) is 3.45. The van der Waals surface area contributed by atoms with E-state index in [-0.39, 0.29) is 30.9 Å². The Labute approximate surface area is 198 Å². The van der Waals surface area contributed by atoms with Crippen LogP contribution >= 0.6 is 0 Å². The lowest BCUT2D eigenvalue weighted by Crippen LogP contribution is -2.53. The SMILES string of the molecule is Cc1cccc(C)c1NC(=O)C1N(CCO)C(=O)[C@@H]2[C@@H](C(=O)Nc3ccccc3)[C@H]3CCC12O3. The Morgan fingerprint density at radius 2 is 1.76 bits per heavy atom. The van der Waals surface area contributed by atoms with Crippen LogP contribution in [0.3, 0.4) is 0 Å². The summed E-state index contributed by atoms with van der Waals surface area (Å²) in [5, 5.41) is 15.6. The molecule has 3 N–H and O–H groups in total. The number of aryl methyl sites for hydroxylation is 2. The first-order valence-electron chi connectivity index (χ1n) is 11.7. The van der Waals surface area contributed by atoms with Crippen molar-refractivity contribution in [3.63, 3.8) is 0 Å². The summed E-state index contributed by atoms with van der Waals surface area (Å²) in [5.74, 6) is -2.41. The second-order valence-electron chi connectivity index (χ2n) is 9.42. The standard InChI is InChI=1S/C26H29N3O5/c1-15-7-6-8-16(2)21(15)28-24(32)22-26-12-11-18(34-26)19(20(26)25(33)29(22)13-14-30)23(31)27-17-9-4-3-5-10-17/h3-10,18-20,22,30H,11-14H2,1-2H3,(H,27,31)(H,28,32)/t18-,19+,20+,22?,26?/m1/s1. The second kappa shape index (κ2) is 8.52. The molecule has 3 fully saturated rings. The highest BCUT2D eigenvalue weighted by atomic mass is 16.5. The molecule has 2 aromatic carbocycles. The van der Waals surface area contributed by atoms with E-state index >= 15 is 0 Å². The zero-order valence-corrected chi connectivity index (χ0v) is 19.3. The maximum Gasteiger partial charge on any atom is 0.250 e. The number of ether oxygens (including phenoxy) is 1. The van der Waals surface area contributed by atoms with Crippen molar-refractivity contribution in [3.8, 4) is 0 Å². The minimum Gasteiger partial charge on any atom is -0.395 e. The Hall–Kier alpha value is -3.23. The lowest BCUT2D eigenvalue weighted by Gasteiger charge is -2.33. The molecule has 0 aliphatic carbocycles. The van der Waals surface area contributed by atoms with Crippen LogP contribution in [0, 0.1) is 25.7 Å². The minimum atomic E-state index is -1.09. The fraction of sp³-hybridized carbons (Fsp3) is 0.423. The van der Waals surface area contributed by atoms with Crippen molar-refractivity contribution in [2.75, 3.05) is 23.8 Å². The number of amides is 3. The summed E-state index contributed by atoms with van der Waals surface area (Å²) in [6.45, 7) is 3.54. The van der Waals surface area contributed by atoms with Crippen LogP contribution in [0.5, 0.6) is 0 Å². The molecular weight excluding hydrogens is 434 g/mol. The van der Waals surface area contributed by atoms with E-state index in [1.165, 1.54) is 4.90 Å². The Morgan fingerprint density at radius 3 is 2.44 bits per heavy atom. The zero-order chi connectivity index (χ0) is 24.0. The predicted octanol–water partition coefficient (Wildman–Crippen LogP) is 2.25.